The molecular formula is C24H26N2O4. The number of rotatable bonds is 6. The van der Waals surface area contributed by atoms with Crippen LogP contribution >= 0.6 is 0 Å². The Balaban J connectivity index is 1.69. The first-order valence-electron chi connectivity index (χ1n) is 10.3. The second kappa shape index (κ2) is 9.24. The number of para-hydroxylation sites is 1. The first kappa shape index (κ1) is 20.3. The highest BCUT2D eigenvalue weighted by atomic mass is 16.5. The number of nitrogens with zero attached hydrogens (tertiary/aromatic N) is 2. The lowest BCUT2D eigenvalue weighted by atomic mass is 10.1. The number of hydrogen-bond acceptors (Lipinski definition) is 5. The molecule has 1 aromatic heterocycles. The summed E-state index contributed by atoms with van der Waals surface area (Å²) in [6.45, 7) is 6.09. The molecule has 1 fully saturated rings. The molecule has 1 saturated heterocycles. The van der Waals surface area contributed by atoms with Crippen LogP contribution in [-0.2, 0) is 27.4 Å². The fraction of sp³-hybridized carbons (Fsp3) is 0.333. The van der Waals surface area contributed by atoms with Gasteiger partial charge in [-0.1, -0.05) is 31.2 Å². The van der Waals surface area contributed by atoms with Crippen molar-refractivity contribution in [2.75, 3.05) is 26.3 Å². The molecule has 4 rings (SSSR count). The van der Waals surface area contributed by atoms with Gasteiger partial charge in [0.05, 0.1) is 24.4 Å². The monoisotopic (exact) mass is 406 g/mol. The summed E-state index contributed by atoms with van der Waals surface area (Å²) in [5, 5.41) is 0.684. The second-order valence-corrected chi connectivity index (χ2v) is 7.43. The van der Waals surface area contributed by atoms with Crippen molar-refractivity contribution in [3.8, 4) is 5.69 Å². The lowest BCUT2D eigenvalue weighted by Gasteiger charge is -2.26. The summed E-state index contributed by atoms with van der Waals surface area (Å²) in [5.41, 5.74) is 3.74. The molecule has 3 aromatic rings. The van der Waals surface area contributed by atoms with Crippen molar-refractivity contribution >= 4 is 16.9 Å². The molecular weight excluding hydrogens is 380 g/mol. The molecule has 0 aliphatic carbocycles. The lowest BCUT2D eigenvalue weighted by Crippen LogP contribution is -2.35. The molecule has 156 valence electrons. The van der Waals surface area contributed by atoms with E-state index in [0.717, 1.165) is 55.2 Å². The van der Waals surface area contributed by atoms with Crippen molar-refractivity contribution in [2.24, 2.45) is 0 Å². The number of esters is 1. The summed E-state index contributed by atoms with van der Waals surface area (Å²) in [4.78, 5) is 26.6. The van der Waals surface area contributed by atoms with Gasteiger partial charge in [-0.2, -0.15) is 0 Å². The zero-order chi connectivity index (χ0) is 20.9. The average Bonchev–Trinajstić information content (AvgIpc) is 2.79. The number of benzene rings is 2. The first-order chi connectivity index (χ1) is 14.7. The third-order valence-corrected chi connectivity index (χ3v) is 5.40. The second-order valence-electron chi connectivity index (χ2n) is 7.43. The van der Waals surface area contributed by atoms with Gasteiger partial charge < -0.3 is 14.0 Å². The molecule has 0 bridgehead atoms. The molecule has 2 aromatic carbocycles. The Labute approximate surface area is 175 Å². The molecule has 0 atom stereocenters. The summed E-state index contributed by atoms with van der Waals surface area (Å²) >= 11 is 0. The molecule has 0 N–H and O–H groups in total. The number of morpholine rings is 1. The van der Waals surface area contributed by atoms with Crippen LogP contribution in [0.25, 0.3) is 16.6 Å². The van der Waals surface area contributed by atoms with Crippen molar-refractivity contribution < 1.29 is 14.3 Å². The van der Waals surface area contributed by atoms with E-state index in [1.54, 1.807) is 19.2 Å². The third-order valence-electron chi connectivity index (χ3n) is 5.40. The summed E-state index contributed by atoms with van der Waals surface area (Å²) in [6, 6.07) is 15.4. The Morgan fingerprint density at radius 1 is 1.10 bits per heavy atom. The Morgan fingerprint density at radius 2 is 1.90 bits per heavy atom. The predicted octanol–water partition coefficient (Wildman–Crippen LogP) is 3.28. The molecule has 6 nitrogen and oxygen atoms in total. The molecule has 0 spiro atoms. The Bertz CT molecular complexity index is 1100. The fourth-order valence-corrected chi connectivity index (χ4v) is 3.76. The van der Waals surface area contributed by atoms with Gasteiger partial charge in [0, 0.05) is 49.3 Å². The van der Waals surface area contributed by atoms with Gasteiger partial charge in [-0.25, -0.2) is 0 Å². The van der Waals surface area contributed by atoms with E-state index in [0.29, 0.717) is 11.8 Å². The highest BCUT2D eigenvalue weighted by molar-refractivity contribution is 5.81. The van der Waals surface area contributed by atoms with Crippen LogP contribution in [0.5, 0.6) is 0 Å². The van der Waals surface area contributed by atoms with Gasteiger partial charge in [-0.3, -0.25) is 14.5 Å². The van der Waals surface area contributed by atoms with Gasteiger partial charge in [-0.15, -0.1) is 0 Å². The lowest BCUT2D eigenvalue weighted by molar-refractivity contribution is -0.144. The number of carbonyl (C=O) groups is 1. The molecule has 0 radical (unpaired) electrons. The summed E-state index contributed by atoms with van der Waals surface area (Å²) in [5.74, 6) is -0.234. The van der Waals surface area contributed by atoms with E-state index in [4.69, 9.17) is 9.47 Å². The van der Waals surface area contributed by atoms with Crippen molar-refractivity contribution in [3.63, 3.8) is 0 Å². The summed E-state index contributed by atoms with van der Waals surface area (Å²) < 4.78 is 12.8. The number of carbonyl (C=O) groups excluding carboxylic acids is 1. The zero-order valence-corrected chi connectivity index (χ0v) is 17.2. The van der Waals surface area contributed by atoms with Gasteiger partial charge in [0.2, 0.25) is 0 Å². The van der Waals surface area contributed by atoms with E-state index in [1.807, 2.05) is 41.0 Å². The Kier molecular flexibility index (Phi) is 6.26. The Morgan fingerprint density at radius 3 is 2.70 bits per heavy atom. The molecule has 1 aliphatic rings. The number of aromatic nitrogens is 1. The third kappa shape index (κ3) is 4.45. The molecule has 2 heterocycles. The minimum absolute atomic E-state index is 0.0000284. The van der Waals surface area contributed by atoms with Gasteiger partial charge in [0.25, 0.3) is 0 Å². The van der Waals surface area contributed by atoms with Crippen LogP contribution in [0.4, 0.5) is 0 Å². The maximum absolute atomic E-state index is 12.6. The van der Waals surface area contributed by atoms with Crippen LogP contribution in [0.2, 0.25) is 0 Å². The van der Waals surface area contributed by atoms with Gasteiger partial charge in [0.1, 0.15) is 6.61 Å². The highest BCUT2D eigenvalue weighted by Crippen LogP contribution is 2.22. The number of hydrogen-bond donors (Lipinski definition) is 0. The van der Waals surface area contributed by atoms with Crippen LogP contribution < -0.4 is 5.43 Å². The molecule has 1 aliphatic heterocycles. The number of pyridine rings is 1. The van der Waals surface area contributed by atoms with E-state index in [-0.39, 0.29) is 18.0 Å². The average molecular weight is 406 g/mol. The van der Waals surface area contributed by atoms with Gasteiger partial charge in [-0.05, 0) is 23.8 Å². The van der Waals surface area contributed by atoms with Crippen molar-refractivity contribution in [2.45, 2.75) is 26.5 Å². The Hall–Kier alpha value is -2.96. The van der Waals surface area contributed by atoms with Crippen LogP contribution in [0.3, 0.4) is 0 Å². The standard InChI is InChI=1S/C24H26N2O4/c1-2-24(28)30-17-19-5-3-4-6-21(19)26-10-9-23(27)20-15-18(7-8-22(20)26)16-25-11-13-29-14-12-25/h3-10,15H,2,11-14,16-17H2,1H3. The quantitative estimate of drug-likeness (QED) is 0.588. The van der Waals surface area contributed by atoms with Crippen LogP contribution in [0, 0.1) is 0 Å². The minimum atomic E-state index is -0.234. The van der Waals surface area contributed by atoms with Crippen molar-refractivity contribution in [3.05, 3.63) is 76.1 Å². The maximum atomic E-state index is 12.6. The topological polar surface area (TPSA) is 60.8 Å². The van der Waals surface area contributed by atoms with Crippen LogP contribution in [-0.4, -0.2) is 41.7 Å². The molecule has 0 amide bonds. The molecule has 6 heteroatoms. The SMILES string of the molecule is CCC(=O)OCc1ccccc1-n1ccc(=O)c2cc(CN3CCOCC3)ccc21. The largest absolute Gasteiger partial charge is 0.461 e. The van der Waals surface area contributed by atoms with E-state index >= 15 is 0 Å². The highest BCUT2D eigenvalue weighted by Gasteiger charge is 2.13. The van der Waals surface area contributed by atoms with Gasteiger partial charge in [0.15, 0.2) is 5.43 Å². The van der Waals surface area contributed by atoms with E-state index in [1.165, 1.54) is 0 Å². The van der Waals surface area contributed by atoms with E-state index < -0.39 is 0 Å². The number of ether oxygens (including phenoxy) is 2. The van der Waals surface area contributed by atoms with E-state index in [9.17, 15) is 9.59 Å². The fourth-order valence-electron chi connectivity index (χ4n) is 3.76. The normalized spacial score (nSPS) is 14.7. The summed E-state index contributed by atoms with van der Waals surface area (Å²) in [6.07, 6.45) is 2.13. The van der Waals surface area contributed by atoms with Crippen LogP contribution in [0.1, 0.15) is 24.5 Å². The molecule has 30 heavy (non-hydrogen) atoms. The van der Waals surface area contributed by atoms with E-state index in [2.05, 4.69) is 11.0 Å². The zero-order valence-electron chi connectivity index (χ0n) is 17.2. The molecule has 0 unspecified atom stereocenters. The predicted molar refractivity (Wildman–Crippen MR) is 116 cm³/mol. The van der Waals surface area contributed by atoms with Crippen molar-refractivity contribution in [1.29, 1.82) is 0 Å². The van der Waals surface area contributed by atoms with Crippen molar-refractivity contribution in [1.82, 2.24) is 9.47 Å². The molecule has 0 saturated carbocycles. The number of fused-ring (bicyclic) bond motifs is 1. The first-order valence-corrected chi connectivity index (χ1v) is 10.3. The summed E-state index contributed by atoms with van der Waals surface area (Å²) in [7, 11) is 0. The maximum Gasteiger partial charge on any atom is 0.305 e. The van der Waals surface area contributed by atoms with Crippen LogP contribution in [0.15, 0.2) is 59.5 Å². The minimum Gasteiger partial charge on any atom is -0.461 e. The van der Waals surface area contributed by atoms with Gasteiger partial charge >= 0.3 is 5.97 Å². The smallest absolute Gasteiger partial charge is 0.305 e.